The molecule has 2 N–H and O–H groups in total. The molecule has 0 saturated carbocycles. The number of guanidine groups is 1. The number of aliphatic imine (C=N–C) groups is 1. The number of aryl methyl sites for hydroxylation is 2. The summed E-state index contributed by atoms with van der Waals surface area (Å²) in [7, 11) is 1.79. The molecule has 23 heavy (non-hydrogen) atoms. The third-order valence-electron chi connectivity index (χ3n) is 3.45. The van der Waals surface area contributed by atoms with Crippen molar-refractivity contribution in [1.29, 1.82) is 0 Å². The van der Waals surface area contributed by atoms with Crippen LogP contribution in [0.3, 0.4) is 0 Å². The van der Waals surface area contributed by atoms with Crippen LogP contribution in [0, 0.1) is 13.8 Å². The van der Waals surface area contributed by atoms with Crippen LogP contribution >= 0.6 is 35.3 Å². The molecule has 2 rings (SSSR count). The zero-order chi connectivity index (χ0) is 15.9. The molecule has 2 aromatic rings. The Morgan fingerprint density at radius 3 is 2.70 bits per heavy atom. The van der Waals surface area contributed by atoms with E-state index in [4.69, 9.17) is 0 Å². The van der Waals surface area contributed by atoms with Gasteiger partial charge in [0.15, 0.2) is 5.96 Å². The lowest BCUT2D eigenvalue weighted by Crippen LogP contribution is -2.42. The molecule has 0 amide bonds. The average molecular weight is 444 g/mol. The van der Waals surface area contributed by atoms with Crippen LogP contribution in [-0.4, -0.2) is 24.0 Å². The molecule has 0 fully saturated rings. The Morgan fingerprint density at radius 1 is 1.30 bits per heavy atom. The number of hydrogen-bond donors (Lipinski definition) is 2. The van der Waals surface area contributed by atoms with Crippen molar-refractivity contribution in [2.75, 3.05) is 7.05 Å². The molecule has 0 spiro atoms. The van der Waals surface area contributed by atoms with Crippen LogP contribution in [0.2, 0.25) is 0 Å². The number of thiophene rings is 1. The van der Waals surface area contributed by atoms with Gasteiger partial charge in [-0.3, -0.25) is 9.98 Å². The second-order valence-electron chi connectivity index (χ2n) is 5.45. The molecule has 2 aromatic heterocycles. The summed E-state index contributed by atoms with van der Waals surface area (Å²) in [5.41, 5.74) is 2.24. The minimum Gasteiger partial charge on any atom is -0.354 e. The second kappa shape index (κ2) is 9.87. The predicted octanol–water partition coefficient (Wildman–Crippen LogP) is 3.67. The summed E-state index contributed by atoms with van der Waals surface area (Å²) in [6.45, 7) is 7.06. The summed E-state index contributed by atoms with van der Waals surface area (Å²) in [5.74, 6) is 0.811. The zero-order valence-electron chi connectivity index (χ0n) is 14.1. The van der Waals surface area contributed by atoms with Crippen molar-refractivity contribution in [3.63, 3.8) is 0 Å². The SMILES string of the molecule is CN=C(NCc1ncccc1C)NC(C)Cc1ccc(C)s1.I. The fraction of sp³-hybridized carbons (Fsp3) is 0.412. The fourth-order valence-corrected chi connectivity index (χ4v) is 3.27. The molecule has 1 atom stereocenters. The van der Waals surface area contributed by atoms with Crippen molar-refractivity contribution in [1.82, 2.24) is 15.6 Å². The topological polar surface area (TPSA) is 49.3 Å². The number of halogens is 1. The maximum absolute atomic E-state index is 4.39. The first-order valence-electron chi connectivity index (χ1n) is 7.51. The molecule has 2 heterocycles. The van der Waals surface area contributed by atoms with Gasteiger partial charge in [-0.2, -0.15) is 0 Å². The van der Waals surface area contributed by atoms with Gasteiger partial charge in [-0.05, 0) is 44.5 Å². The highest BCUT2D eigenvalue weighted by Crippen LogP contribution is 2.16. The van der Waals surface area contributed by atoms with E-state index < -0.39 is 0 Å². The lowest BCUT2D eigenvalue weighted by atomic mass is 10.2. The maximum atomic E-state index is 4.39. The van der Waals surface area contributed by atoms with Crippen LogP contribution in [0.15, 0.2) is 35.5 Å². The molecule has 126 valence electrons. The zero-order valence-corrected chi connectivity index (χ0v) is 17.2. The third kappa shape index (κ3) is 6.47. The quantitative estimate of drug-likeness (QED) is 0.421. The van der Waals surface area contributed by atoms with E-state index in [1.165, 1.54) is 15.3 Å². The summed E-state index contributed by atoms with van der Waals surface area (Å²) < 4.78 is 0. The fourth-order valence-electron chi connectivity index (χ4n) is 2.25. The van der Waals surface area contributed by atoms with Crippen molar-refractivity contribution in [3.05, 3.63) is 51.5 Å². The van der Waals surface area contributed by atoms with E-state index in [0.717, 1.165) is 18.1 Å². The highest BCUT2D eigenvalue weighted by molar-refractivity contribution is 14.0. The van der Waals surface area contributed by atoms with Crippen LogP contribution in [0.5, 0.6) is 0 Å². The van der Waals surface area contributed by atoms with E-state index >= 15 is 0 Å². The van der Waals surface area contributed by atoms with Crippen molar-refractivity contribution in [3.8, 4) is 0 Å². The van der Waals surface area contributed by atoms with E-state index in [-0.39, 0.29) is 24.0 Å². The third-order valence-corrected chi connectivity index (χ3v) is 4.47. The normalized spacial score (nSPS) is 12.4. The first kappa shape index (κ1) is 19.9. The van der Waals surface area contributed by atoms with Gasteiger partial charge in [0.25, 0.3) is 0 Å². The highest BCUT2D eigenvalue weighted by Gasteiger charge is 2.08. The molecule has 6 heteroatoms. The predicted molar refractivity (Wildman–Crippen MR) is 110 cm³/mol. The number of nitrogens with one attached hydrogen (secondary N) is 2. The number of aromatic nitrogens is 1. The maximum Gasteiger partial charge on any atom is 0.191 e. The van der Waals surface area contributed by atoms with E-state index in [2.05, 4.69) is 59.6 Å². The van der Waals surface area contributed by atoms with Crippen LogP contribution in [0.25, 0.3) is 0 Å². The Morgan fingerprint density at radius 2 is 2.09 bits per heavy atom. The van der Waals surface area contributed by atoms with Gasteiger partial charge >= 0.3 is 0 Å². The monoisotopic (exact) mass is 444 g/mol. The smallest absolute Gasteiger partial charge is 0.191 e. The Hall–Kier alpha value is -1.15. The van der Waals surface area contributed by atoms with Crippen LogP contribution in [0.1, 0.15) is 27.9 Å². The molecule has 0 aliphatic heterocycles. The van der Waals surface area contributed by atoms with Gasteiger partial charge in [0.1, 0.15) is 0 Å². The number of hydrogen-bond acceptors (Lipinski definition) is 3. The number of nitrogens with zero attached hydrogens (tertiary/aromatic N) is 2. The summed E-state index contributed by atoms with van der Waals surface area (Å²) in [6, 6.07) is 8.72. The van der Waals surface area contributed by atoms with Gasteiger partial charge in [0.2, 0.25) is 0 Å². The van der Waals surface area contributed by atoms with Crippen molar-refractivity contribution < 1.29 is 0 Å². The minimum absolute atomic E-state index is 0. The van der Waals surface area contributed by atoms with E-state index in [1.807, 2.05) is 23.6 Å². The molecule has 0 bridgehead atoms. The van der Waals surface area contributed by atoms with Crippen molar-refractivity contribution in [2.45, 2.75) is 39.8 Å². The van der Waals surface area contributed by atoms with Gasteiger partial charge in [0, 0.05) is 35.5 Å². The van der Waals surface area contributed by atoms with Gasteiger partial charge in [-0.15, -0.1) is 35.3 Å². The molecular weight excluding hydrogens is 419 g/mol. The largest absolute Gasteiger partial charge is 0.354 e. The lowest BCUT2D eigenvalue weighted by molar-refractivity contribution is 0.643. The molecule has 0 aliphatic carbocycles. The second-order valence-corrected chi connectivity index (χ2v) is 6.83. The van der Waals surface area contributed by atoms with Gasteiger partial charge < -0.3 is 10.6 Å². The first-order chi connectivity index (χ1) is 10.6. The van der Waals surface area contributed by atoms with Crippen molar-refractivity contribution >= 4 is 41.3 Å². The molecule has 0 aromatic carbocycles. The Bertz CT molecular complexity index is 639. The Labute approximate surface area is 159 Å². The molecule has 1 unspecified atom stereocenters. The van der Waals surface area contributed by atoms with Crippen LogP contribution in [-0.2, 0) is 13.0 Å². The van der Waals surface area contributed by atoms with Crippen LogP contribution in [0.4, 0.5) is 0 Å². The summed E-state index contributed by atoms with van der Waals surface area (Å²) >= 11 is 1.85. The highest BCUT2D eigenvalue weighted by atomic mass is 127. The van der Waals surface area contributed by atoms with Gasteiger partial charge in [-0.25, -0.2) is 0 Å². The Kier molecular flexibility index (Phi) is 8.54. The van der Waals surface area contributed by atoms with Gasteiger partial charge in [-0.1, -0.05) is 6.07 Å². The van der Waals surface area contributed by atoms with Crippen molar-refractivity contribution in [2.24, 2.45) is 4.99 Å². The summed E-state index contributed by atoms with van der Waals surface area (Å²) in [6.07, 6.45) is 2.82. The van der Waals surface area contributed by atoms with E-state index in [1.54, 1.807) is 7.05 Å². The molecule has 0 aliphatic rings. The Balaban J connectivity index is 0.00000264. The molecular formula is C17H25IN4S. The van der Waals surface area contributed by atoms with Gasteiger partial charge in [0.05, 0.1) is 12.2 Å². The summed E-state index contributed by atoms with van der Waals surface area (Å²) in [4.78, 5) is 11.4. The number of pyridine rings is 1. The van der Waals surface area contributed by atoms with E-state index in [9.17, 15) is 0 Å². The number of rotatable bonds is 5. The average Bonchev–Trinajstić information content (AvgIpc) is 2.90. The molecule has 0 radical (unpaired) electrons. The van der Waals surface area contributed by atoms with E-state index in [0.29, 0.717) is 12.6 Å². The molecule has 4 nitrogen and oxygen atoms in total. The molecule has 0 saturated heterocycles. The minimum atomic E-state index is 0. The first-order valence-corrected chi connectivity index (χ1v) is 8.33. The lowest BCUT2D eigenvalue weighted by Gasteiger charge is -2.17. The van der Waals surface area contributed by atoms with Crippen LogP contribution < -0.4 is 10.6 Å². The summed E-state index contributed by atoms with van der Waals surface area (Å²) in [5, 5.41) is 6.76. The standard InChI is InChI=1S/C17H24N4S.HI/c1-12-6-5-9-19-16(12)11-20-17(18-4)21-13(2)10-15-8-7-14(3)22-15;/h5-9,13H,10-11H2,1-4H3,(H2,18,20,21);1H.